The summed E-state index contributed by atoms with van der Waals surface area (Å²) in [6.07, 6.45) is -0.827. The van der Waals surface area contributed by atoms with Gasteiger partial charge in [-0.15, -0.1) is 0 Å². The Morgan fingerprint density at radius 2 is 1.85 bits per heavy atom. The molecule has 142 valence electrons. The van der Waals surface area contributed by atoms with Gasteiger partial charge in [-0.1, -0.05) is 11.6 Å². The fraction of sp³-hybridized carbons (Fsp3) is 0.444. The first-order chi connectivity index (χ1) is 12.1. The van der Waals surface area contributed by atoms with E-state index in [0.717, 1.165) is 18.2 Å². The Hall–Kier alpha value is -2.02. The van der Waals surface area contributed by atoms with E-state index in [2.05, 4.69) is 0 Å². The Bertz CT molecular complexity index is 709. The molecule has 0 aliphatic carbocycles. The van der Waals surface area contributed by atoms with Gasteiger partial charge in [0.05, 0.1) is 5.56 Å². The molecule has 0 bridgehead atoms. The van der Waals surface area contributed by atoms with E-state index in [1.165, 1.54) is 17.1 Å². The van der Waals surface area contributed by atoms with Crippen LogP contribution in [0.15, 0.2) is 24.3 Å². The molecule has 0 unspecified atom stereocenters. The summed E-state index contributed by atoms with van der Waals surface area (Å²) in [4.78, 5) is 27.3. The second kappa shape index (κ2) is 8.12. The summed E-state index contributed by atoms with van der Waals surface area (Å²) in [5, 5.41) is 0.136. The van der Waals surface area contributed by atoms with Crippen molar-refractivity contribution in [2.24, 2.45) is 5.92 Å². The predicted molar refractivity (Wildman–Crippen MR) is 93.5 cm³/mol. The van der Waals surface area contributed by atoms with Gasteiger partial charge in [0.2, 0.25) is 11.8 Å². The lowest BCUT2D eigenvalue weighted by molar-refractivity contribution is -0.137. The number of piperidine rings is 1. The largest absolute Gasteiger partial charge is 0.416 e. The summed E-state index contributed by atoms with van der Waals surface area (Å²) in [6, 6.07) is 2.97. The van der Waals surface area contributed by atoms with Crippen LogP contribution in [0, 0.1) is 5.92 Å². The van der Waals surface area contributed by atoms with Crippen LogP contribution >= 0.6 is 11.6 Å². The Morgan fingerprint density at radius 1 is 1.23 bits per heavy atom. The molecule has 1 aromatic carbocycles. The first-order valence-electron chi connectivity index (χ1n) is 8.14. The van der Waals surface area contributed by atoms with E-state index in [-0.39, 0.29) is 28.3 Å². The van der Waals surface area contributed by atoms with Crippen molar-refractivity contribution in [2.45, 2.75) is 19.0 Å². The second-order valence-electron chi connectivity index (χ2n) is 6.40. The Kier molecular flexibility index (Phi) is 6.34. The van der Waals surface area contributed by atoms with E-state index in [4.69, 9.17) is 11.6 Å². The molecule has 0 radical (unpaired) electrons. The number of carbonyl (C=O) groups is 2. The summed E-state index contributed by atoms with van der Waals surface area (Å²) in [5.41, 5.74) is -0.690. The molecule has 1 aliphatic rings. The molecule has 1 fully saturated rings. The number of nitrogens with zero attached hydrogens (tertiary/aromatic N) is 2. The lowest BCUT2D eigenvalue weighted by atomic mass is 9.95. The van der Waals surface area contributed by atoms with Crippen LogP contribution in [0.25, 0.3) is 6.08 Å². The number of rotatable bonds is 3. The number of likely N-dealkylation sites (tertiary alicyclic amines) is 1. The summed E-state index contributed by atoms with van der Waals surface area (Å²) < 4.78 is 38.3. The molecular formula is C18H20ClF3N2O2. The van der Waals surface area contributed by atoms with Crippen molar-refractivity contribution in [3.63, 3.8) is 0 Å². The minimum absolute atomic E-state index is 0.0448. The highest BCUT2D eigenvalue weighted by Crippen LogP contribution is 2.32. The van der Waals surface area contributed by atoms with Gasteiger partial charge in [0, 0.05) is 44.2 Å². The zero-order chi connectivity index (χ0) is 19.5. The van der Waals surface area contributed by atoms with Crippen molar-refractivity contribution in [3.8, 4) is 0 Å². The van der Waals surface area contributed by atoms with E-state index in [1.54, 1.807) is 19.0 Å². The molecule has 1 saturated heterocycles. The Labute approximate surface area is 155 Å². The van der Waals surface area contributed by atoms with Crippen LogP contribution < -0.4 is 0 Å². The first-order valence-corrected chi connectivity index (χ1v) is 8.52. The van der Waals surface area contributed by atoms with Crippen LogP contribution in [0.2, 0.25) is 5.02 Å². The number of hydrogen-bond acceptors (Lipinski definition) is 2. The molecule has 26 heavy (non-hydrogen) atoms. The molecule has 0 saturated carbocycles. The zero-order valence-electron chi connectivity index (χ0n) is 14.5. The summed E-state index contributed by atoms with van der Waals surface area (Å²) in [6.45, 7) is 0.869. The number of amides is 2. The maximum atomic E-state index is 12.8. The van der Waals surface area contributed by atoms with Gasteiger partial charge in [0.1, 0.15) is 0 Å². The molecule has 0 spiro atoms. The highest BCUT2D eigenvalue weighted by Gasteiger charge is 2.31. The average molecular weight is 389 g/mol. The molecule has 2 rings (SSSR count). The van der Waals surface area contributed by atoms with Crippen molar-refractivity contribution in [1.82, 2.24) is 9.80 Å². The molecular weight excluding hydrogens is 369 g/mol. The van der Waals surface area contributed by atoms with E-state index in [0.29, 0.717) is 25.9 Å². The van der Waals surface area contributed by atoms with Crippen LogP contribution in [-0.2, 0) is 15.8 Å². The lowest BCUT2D eigenvalue weighted by Crippen LogP contribution is -2.42. The van der Waals surface area contributed by atoms with Gasteiger partial charge >= 0.3 is 6.18 Å². The first kappa shape index (κ1) is 20.3. The fourth-order valence-corrected chi connectivity index (χ4v) is 3.01. The van der Waals surface area contributed by atoms with Crippen LogP contribution in [0.4, 0.5) is 13.2 Å². The van der Waals surface area contributed by atoms with E-state index in [9.17, 15) is 22.8 Å². The molecule has 4 nitrogen and oxygen atoms in total. The van der Waals surface area contributed by atoms with Crippen LogP contribution in [-0.4, -0.2) is 48.8 Å². The SMILES string of the molecule is CN(C)C(=O)C1CCN(C(=O)C=Cc2cc(C(F)(F)F)ccc2Cl)CC1. The fourth-order valence-electron chi connectivity index (χ4n) is 2.83. The van der Waals surface area contributed by atoms with E-state index in [1.807, 2.05) is 0 Å². The monoisotopic (exact) mass is 388 g/mol. The average Bonchev–Trinajstić information content (AvgIpc) is 2.59. The van der Waals surface area contributed by atoms with Crippen molar-refractivity contribution < 1.29 is 22.8 Å². The van der Waals surface area contributed by atoms with Crippen LogP contribution in [0.3, 0.4) is 0 Å². The quantitative estimate of drug-likeness (QED) is 0.741. The van der Waals surface area contributed by atoms with E-state index < -0.39 is 11.7 Å². The minimum Gasteiger partial charge on any atom is -0.349 e. The third-order valence-corrected chi connectivity index (χ3v) is 4.67. The van der Waals surface area contributed by atoms with Gasteiger partial charge in [0.25, 0.3) is 0 Å². The number of carbonyl (C=O) groups excluding carboxylic acids is 2. The summed E-state index contributed by atoms with van der Waals surface area (Å²) in [5.74, 6) is -0.367. The molecule has 2 amide bonds. The van der Waals surface area contributed by atoms with Gasteiger partial charge in [-0.25, -0.2) is 0 Å². The standard InChI is InChI=1S/C18H20ClF3N2O2/c1-23(2)17(26)12-7-9-24(10-8-12)16(25)6-3-13-11-14(18(20,21)22)4-5-15(13)19/h3-6,11-12H,7-10H2,1-2H3. The third kappa shape index (κ3) is 5.00. The van der Waals surface area contributed by atoms with Crippen molar-refractivity contribution in [1.29, 1.82) is 0 Å². The molecule has 0 N–H and O–H groups in total. The van der Waals surface area contributed by atoms with Crippen molar-refractivity contribution in [3.05, 3.63) is 40.4 Å². The summed E-state index contributed by atoms with van der Waals surface area (Å²) >= 11 is 5.91. The highest BCUT2D eigenvalue weighted by atomic mass is 35.5. The van der Waals surface area contributed by atoms with Gasteiger partial charge < -0.3 is 9.80 Å². The molecule has 0 aromatic heterocycles. The summed E-state index contributed by atoms with van der Waals surface area (Å²) in [7, 11) is 3.39. The zero-order valence-corrected chi connectivity index (χ0v) is 15.3. The molecule has 8 heteroatoms. The molecule has 1 aromatic rings. The number of halogens is 4. The predicted octanol–water partition coefficient (Wildman–Crippen LogP) is 3.70. The second-order valence-corrected chi connectivity index (χ2v) is 6.81. The van der Waals surface area contributed by atoms with Crippen molar-refractivity contribution in [2.75, 3.05) is 27.2 Å². The van der Waals surface area contributed by atoms with E-state index >= 15 is 0 Å². The van der Waals surface area contributed by atoms with Crippen LogP contribution in [0.1, 0.15) is 24.0 Å². The molecule has 1 aliphatic heterocycles. The molecule has 0 atom stereocenters. The Morgan fingerprint density at radius 3 is 2.38 bits per heavy atom. The number of alkyl halides is 3. The maximum Gasteiger partial charge on any atom is 0.416 e. The van der Waals surface area contributed by atoms with Gasteiger partial charge in [0.15, 0.2) is 0 Å². The third-order valence-electron chi connectivity index (χ3n) is 4.33. The topological polar surface area (TPSA) is 40.6 Å². The normalized spacial score (nSPS) is 16.2. The lowest BCUT2D eigenvalue weighted by Gasteiger charge is -2.31. The van der Waals surface area contributed by atoms with Crippen molar-refractivity contribution >= 4 is 29.5 Å². The van der Waals surface area contributed by atoms with Crippen LogP contribution in [0.5, 0.6) is 0 Å². The molecule has 1 heterocycles. The highest BCUT2D eigenvalue weighted by molar-refractivity contribution is 6.32. The smallest absolute Gasteiger partial charge is 0.349 e. The van der Waals surface area contributed by atoms with Gasteiger partial charge in [-0.3, -0.25) is 9.59 Å². The Balaban J connectivity index is 2.01. The number of hydrogen-bond donors (Lipinski definition) is 0. The van der Waals surface area contributed by atoms with Gasteiger partial charge in [-0.2, -0.15) is 13.2 Å². The minimum atomic E-state index is -4.47. The maximum absolute atomic E-state index is 12.8. The number of benzene rings is 1. The van der Waals surface area contributed by atoms with Gasteiger partial charge in [-0.05, 0) is 42.7 Å².